The second kappa shape index (κ2) is 7.80. The van der Waals surface area contributed by atoms with E-state index in [-0.39, 0.29) is 0 Å². The molecule has 1 aromatic carbocycles. The van der Waals surface area contributed by atoms with Crippen LogP contribution in [0.25, 0.3) is 0 Å². The highest BCUT2D eigenvalue weighted by Crippen LogP contribution is 2.10. The lowest BCUT2D eigenvalue weighted by Gasteiger charge is -2.13. The molecular weight excluding hydrogens is 228 g/mol. The van der Waals surface area contributed by atoms with Gasteiger partial charge in [-0.05, 0) is 12.1 Å². The molecule has 0 radical (unpaired) electrons. The van der Waals surface area contributed by atoms with Gasteiger partial charge in [0.25, 0.3) is 0 Å². The van der Waals surface area contributed by atoms with Crippen molar-refractivity contribution < 1.29 is 24.2 Å². The first-order valence-electron chi connectivity index (χ1n) is 4.58. The fourth-order valence-electron chi connectivity index (χ4n) is 0.878. The molecule has 0 aliphatic heterocycles. The molecule has 5 N–H and O–H groups in total. The third kappa shape index (κ3) is 9.85. The van der Waals surface area contributed by atoms with Gasteiger partial charge < -0.3 is 26.0 Å². The number of primary amides is 2. The van der Waals surface area contributed by atoms with E-state index in [2.05, 4.69) is 10.5 Å². The molecule has 1 unspecified atom stereocenters. The van der Waals surface area contributed by atoms with Crippen LogP contribution in [0.5, 0.6) is 5.75 Å². The van der Waals surface area contributed by atoms with E-state index in [0.29, 0.717) is 5.75 Å². The van der Waals surface area contributed by atoms with Crippen molar-refractivity contribution >= 4 is 12.2 Å². The molecule has 0 heterocycles. The van der Waals surface area contributed by atoms with Crippen LogP contribution in [-0.2, 0) is 4.74 Å². The number of para-hydroxylation sites is 1. The summed E-state index contributed by atoms with van der Waals surface area (Å²) >= 11 is 0. The summed E-state index contributed by atoms with van der Waals surface area (Å²) in [6, 6.07) is 9.05. The van der Waals surface area contributed by atoms with Crippen molar-refractivity contribution in [3.8, 4) is 5.75 Å². The molecule has 2 amide bonds. The van der Waals surface area contributed by atoms with E-state index in [1.165, 1.54) is 0 Å². The van der Waals surface area contributed by atoms with Crippen molar-refractivity contribution in [3.63, 3.8) is 0 Å². The number of carbonyl (C=O) groups is 2. The second-order valence-corrected chi connectivity index (χ2v) is 2.77. The van der Waals surface area contributed by atoms with Gasteiger partial charge in [0, 0.05) is 6.92 Å². The first-order chi connectivity index (χ1) is 7.91. The van der Waals surface area contributed by atoms with Gasteiger partial charge in [-0.25, -0.2) is 9.59 Å². The highest BCUT2D eigenvalue weighted by molar-refractivity contribution is 5.64. The smallest absolute Gasteiger partial charge is 0.407 e. The molecule has 0 fully saturated rings. The summed E-state index contributed by atoms with van der Waals surface area (Å²) in [5.41, 5.74) is 8.83. The van der Waals surface area contributed by atoms with Gasteiger partial charge in [0.2, 0.25) is 6.29 Å². The van der Waals surface area contributed by atoms with E-state index in [0.717, 1.165) is 0 Å². The molecule has 0 aliphatic rings. The van der Waals surface area contributed by atoms with Gasteiger partial charge in [0.1, 0.15) is 5.75 Å². The Labute approximate surface area is 97.9 Å². The zero-order valence-corrected chi connectivity index (χ0v) is 9.20. The van der Waals surface area contributed by atoms with Gasteiger partial charge in [0.15, 0.2) is 0 Å². The minimum atomic E-state index is -1.33. The average Bonchev–Trinajstić information content (AvgIpc) is 2.16. The van der Waals surface area contributed by atoms with E-state index in [4.69, 9.17) is 20.4 Å². The maximum atomic E-state index is 10.3. The first-order valence-corrected chi connectivity index (χ1v) is 4.58. The fourth-order valence-corrected chi connectivity index (χ4v) is 0.878. The van der Waals surface area contributed by atoms with Crippen molar-refractivity contribution in [1.29, 1.82) is 0 Å². The molecule has 1 aromatic rings. The lowest BCUT2D eigenvalue weighted by atomic mass is 10.3. The van der Waals surface area contributed by atoms with Crippen LogP contribution in [0.4, 0.5) is 9.59 Å². The van der Waals surface area contributed by atoms with Crippen LogP contribution in [0, 0.1) is 0 Å². The zero-order valence-electron chi connectivity index (χ0n) is 9.20. The van der Waals surface area contributed by atoms with E-state index in [9.17, 15) is 4.79 Å². The van der Waals surface area contributed by atoms with Gasteiger partial charge >= 0.3 is 12.2 Å². The van der Waals surface area contributed by atoms with Crippen LogP contribution in [0.3, 0.4) is 0 Å². The van der Waals surface area contributed by atoms with Crippen LogP contribution in [0.15, 0.2) is 30.3 Å². The lowest BCUT2D eigenvalue weighted by Crippen LogP contribution is -2.24. The number of carboxylic acid groups (broad SMARTS) is 1. The van der Waals surface area contributed by atoms with Gasteiger partial charge in [0.05, 0.1) is 0 Å². The number of amides is 2. The standard InChI is InChI=1S/C9H11NO3.CH3NO2/c1-7(13-9(10)11)12-8-5-3-2-4-6-8;2-1(3)4/h2-7H,1H3,(H2,10,11);2H2,(H,3,4). The average molecular weight is 242 g/mol. The minimum Gasteiger partial charge on any atom is -0.465 e. The van der Waals surface area contributed by atoms with E-state index in [1.54, 1.807) is 19.1 Å². The predicted octanol–water partition coefficient (Wildman–Crippen LogP) is 1.13. The third-order valence-corrected chi connectivity index (χ3v) is 1.33. The molecule has 17 heavy (non-hydrogen) atoms. The molecule has 0 aliphatic carbocycles. The lowest BCUT2D eigenvalue weighted by molar-refractivity contribution is -0.0140. The molecule has 7 nitrogen and oxygen atoms in total. The predicted molar refractivity (Wildman–Crippen MR) is 59.4 cm³/mol. The molecule has 0 spiro atoms. The quantitative estimate of drug-likeness (QED) is 0.685. The maximum absolute atomic E-state index is 10.3. The summed E-state index contributed by atoms with van der Waals surface area (Å²) in [6.45, 7) is 1.60. The number of benzene rings is 1. The minimum absolute atomic E-state index is 0.635. The van der Waals surface area contributed by atoms with E-state index >= 15 is 0 Å². The number of rotatable bonds is 3. The monoisotopic (exact) mass is 242 g/mol. The number of nitrogens with two attached hydrogens (primary N) is 2. The molecule has 94 valence electrons. The molecule has 0 bridgehead atoms. The largest absolute Gasteiger partial charge is 0.465 e. The van der Waals surface area contributed by atoms with Gasteiger partial charge in [-0.1, -0.05) is 18.2 Å². The summed E-state index contributed by atoms with van der Waals surface area (Å²) in [6.07, 6.45) is -2.84. The Morgan fingerprint density at radius 1 is 1.24 bits per heavy atom. The Balaban J connectivity index is 0.000000557. The van der Waals surface area contributed by atoms with Gasteiger partial charge in [-0.15, -0.1) is 0 Å². The molecule has 7 heteroatoms. The van der Waals surface area contributed by atoms with E-state index < -0.39 is 18.5 Å². The molecule has 0 aromatic heterocycles. The van der Waals surface area contributed by atoms with Crippen molar-refractivity contribution in [2.24, 2.45) is 11.5 Å². The van der Waals surface area contributed by atoms with Crippen LogP contribution in [-0.4, -0.2) is 23.6 Å². The Bertz CT molecular complexity index is 351. The fraction of sp³-hybridized carbons (Fsp3) is 0.200. The maximum Gasteiger partial charge on any atom is 0.407 e. The first kappa shape index (κ1) is 14.6. The summed E-state index contributed by atoms with van der Waals surface area (Å²) in [5, 5.41) is 7.19. The SMILES string of the molecule is CC(OC(N)=O)Oc1ccccc1.NC(=O)O. The third-order valence-electron chi connectivity index (χ3n) is 1.33. The molecule has 0 saturated carbocycles. The Kier molecular flexibility index (Phi) is 6.68. The van der Waals surface area contributed by atoms with Gasteiger partial charge in [-0.2, -0.15) is 0 Å². The summed E-state index contributed by atoms with van der Waals surface area (Å²) in [4.78, 5) is 19.1. The number of ether oxygens (including phenoxy) is 2. The zero-order chi connectivity index (χ0) is 13.3. The van der Waals surface area contributed by atoms with Crippen LogP contribution >= 0.6 is 0 Å². The molecule has 1 rings (SSSR count). The van der Waals surface area contributed by atoms with Crippen molar-refractivity contribution in [3.05, 3.63) is 30.3 Å². The highest BCUT2D eigenvalue weighted by atomic mass is 16.7. The van der Waals surface area contributed by atoms with Crippen LogP contribution in [0.1, 0.15) is 6.92 Å². The Morgan fingerprint density at radius 3 is 2.12 bits per heavy atom. The number of hydrogen-bond donors (Lipinski definition) is 3. The summed E-state index contributed by atoms with van der Waals surface area (Å²) < 4.78 is 9.77. The molecule has 0 saturated heterocycles. The van der Waals surface area contributed by atoms with Gasteiger partial charge in [-0.3, -0.25) is 0 Å². The number of carbonyl (C=O) groups excluding carboxylic acids is 1. The topological polar surface area (TPSA) is 125 Å². The summed E-state index contributed by atoms with van der Waals surface area (Å²) in [5.74, 6) is 0.635. The highest BCUT2D eigenvalue weighted by Gasteiger charge is 2.05. The van der Waals surface area contributed by atoms with Crippen molar-refractivity contribution in [2.45, 2.75) is 13.2 Å². The Hall–Kier alpha value is -2.44. The number of hydrogen-bond acceptors (Lipinski definition) is 4. The van der Waals surface area contributed by atoms with Crippen molar-refractivity contribution in [1.82, 2.24) is 0 Å². The Morgan fingerprint density at radius 2 is 1.71 bits per heavy atom. The molecule has 1 atom stereocenters. The van der Waals surface area contributed by atoms with Crippen molar-refractivity contribution in [2.75, 3.05) is 0 Å². The second-order valence-electron chi connectivity index (χ2n) is 2.77. The normalized spacial score (nSPS) is 10.4. The summed E-state index contributed by atoms with van der Waals surface area (Å²) in [7, 11) is 0. The van der Waals surface area contributed by atoms with Crippen LogP contribution < -0.4 is 16.2 Å². The van der Waals surface area contributed by atoms with Crippen LogP contribution in [0.2, 0.25) is 0 Å². The van der Waals surface area contributed by atoms with E-state index in [1.807, 2.05) is 18.2 Å². The molecular formula is C10H14N2O5.